The van der Waals surface area contributed by atoms with Crippen molar-refractivity contribution in [2.24, 2.45) is 0 Å². The fraction of sp³-hybridized carbons (Fsp3) is 0.538. The molecule has 1 rings (SSSR count). The number of anilines is 1. The maximum Gasteiger partial charge on any atom is 0.212 e. The standard InChI is InChI=1S/C13H22N2O3S2/c1-11(16)3-2-8-15-20(17,18)10-9-19-13-6-4-12(14)5-7-13/h4-7,11,15-16H,2-3,8-10,14H2,1H3. The molecule has 20 heavy (non-hydrogen) atoms. The third-order valence-electron chi connectivity index (χ3n) is 2.62. The fourth-order valence-electron chi connectivity index (χ4n) is 1.53. The van der Waals surface area contributed by atoms with Crippen LogP contribution in [0.15, 0.2) is 29.2 Å². The second-order valence-corrected chi connectivity index (χ2v) is 7.72. The molecule has 0 fully saturated rings. The first-order valence-corrected chi connectivity index (χ1v) is 9.16. The SMILES string of the molecule is CC(O)CCCNS(=O)(=O)CCSc1ccc(N)cc1. The fourth-order valence-corrected chi connectivity index (χ4v) is 3.91. The van der Waals surface area contributed by atoms with Crippen molar-refractivity contribution in [1.82, 2.24) is 4.72 Å². The van der Waals surface area contributed by atoms with Crippen LogP contribution in [0.5, 0.6) is 0 Å². The lowest BCUT2D eigenvalue weighted by atomic mass is 10.2. The number of aliphatic hydroxyl groups excluding tert-OH is 1. The van der Waals surface area contributed by atoms with Gasteiger partial charge in [-0.2, -0.15) is 0 Å². The lowest BCUT2D eigenvalue weighted by Gasteiger charge is -2.07. The number of benzene rings is 1. The van der Waals surface area contributed by atoms with Gasteiger partial charge in [0.15, 0.2) is 0 Å². The van der Waals surface area contributed by atoms with E-state index in [4.69, 9.17) is 10.8 Å². The average molecular weight is 318 g/mol. The van der Waals surface area contributed by atoms with E-state index in [0.29, 0.717) is 30.8 Å². The molecule has 0 saturated heterocycles. The minimum absolute atomic E-state index is 0.0801. The van der Waals surface area contributed by atoms with Gasteiger partial charge in [0, 0.05) is 22.9 Å². The van der Waals surface area contributed by atoms with Crippen LogP contribution in [0.25, 0.3) is 0 Å². The molecule has 0 radical (unpaired) electrons. The quantitative estimate of drug-likeness (QED) is 0.364. The normalized spacial score (nSPS) is 13.3. The zero-order valence-electron chi connectivity index (χ0n) is 11.6. The predicted molar refractivity (Wildman–Crippen MR) is 84.3 cm³/mol. The monoisotopic (exact) mass is 318 g/mol. The summed E-state index contributed by atoms with van der Waals surface area (Å²) in [5.74, 6) is 0.576. The molecule has 0 aromatic heterocycles. The predicted octanol–water partition coefficient (Wildman–Crippen LogP) is 1.44. The van der Waals surface area contributed by atoms with Crippen LogP contribution in [0.4, 0.5) is 5.69 Å². The Morgan fingerprint density at radius 3 is 2.60 bits per heavy atom. The summed E-state index contributed by atoms with van der Waals surface area (Å²) in [6.07, 6.45) is 0.852. The molecule has 1 unspecified atom stereocenters. The number of nitrogens with two attached hydrogens (primary N) is 1. The van der Waals surface area contributed by atoms with Crippen molar-refractivity contribution < 1.29 is 13.5 Å². The molecule has 1 aromatic rings. The Bertz CT molecular complexity index is 487. The minimum Gasteiger partial charge on any atom is -0.399 e. The Hall–Kier alpha value is -0.760. The van der Waals surface area contributed by atoms with Crippen LogP contribution in [-0.2, 0) is 10.0 Å². The van der Waals surface area contributed by atoms with Gasteiger partial charge in [-0.1, -0.05) is 0 Å². The summed E-state index contributed by atoms with van der Waals surface area (Å²) >= 11 is 1.49. The molecule has 1 atom stereocenters. The van der Waals surface area contributed by atoms with E-state index in [9.17, 15) is 8.42 Å². The van der Waals surface area contributed by atoms with E-state index in [1.54, 1.807) is 19.1 Å². The van der Waals surface area contributed by atoms with Gasteiger partial charge in [0.2, 0.25) is 10.0 Å². The molecule has 0 saturated carbocycles. The molecular weight excluding hydrogens is 296 g/mol. The molecule has 0 aliphatic heterocycles. The molecule has 5 nitrogen and oxygen atoms in total. The average Bonchev–Trinajstić information content (AvgIpc) is 2.37. The number of hydrogen-bond acceptors (Lipinski definition) is 5. The molecule has 0 bridgehead atoms. The third-order valence-corrected chi connectivity index (χ3v) is 5.28. The summed E-state index contributed by atoms with van der Waals surface area (Å²) in [5, 5.41) is 9.08. The number of sulfonamides is 1. The van der Waals surface area contributed by atoms with Crippen molar-refractivity contribution in [1.29, 1.82) is 0 Å². The summed E-state index contributed by atoms with van der Waals surface area (Å²) in [4.78, 5) is 1.00. The van der Waals surface area contributed by atoms with E-state index in [2.05, 4.69) is 4.72 Å². The summed E-state index contributed by atoms with van der Waals surface area (Å²) < 4.78 is 26.0. The lowest BCUT2D eigenvalue weighted by molar-refractivity contribution is 0.182. The third kappa shape index (κ3) is 7.74. The highest BCUT2D eigenvalue weighted by Gasteiger charge is 2.09. The van der Waals surface area contributed by atoms with Gasteiger partial charge in [-0.05, 0) is 44.0 Å². The van der Waals surface area contributed by atoms with Crippen molar-refractivity contribution in [2.45, 2.75) is 30.8 Å². The van der Waals surface area contributed by atoms with Crippen molar-refractivity contribution in [2.75, 3.05) is 23.8 Å². The Morgan fingerprint density at radius 2 is 2.00 bits per heavy atom. The van der Waals surface area contributed by atoms with E-state index in [1.807, 2.05) is 12.1 Å². The van der Waals surface area contributed by atoms with Crippen LogP contribution in [0.1, 0.15) is 19.8 Å². The molecule has 4 N–H and O–H groups in total. The molecule has 0 amide bonds. The summed E-state index contributed by atoms with van der Waals surface area (Å²) in [5.41, 5.74) is 6.28. The van der Waals surface area contributed by atoms with E-state index < -0.39 is 10.0 Å². The van der Waals surface area contributed by atoms with Gasteiger partial charge in [0.25, 0.3) is 0 Å². The van der Waals surface area contributed by atoms with Crippen molar-refractivity contribution in [3.8, 4) is 0 Å². The van der Waals surface area contributed by atoms with Gasteiger partial charge in [-0.3, -0.25) is 0 Å². The molecule has 0 aliphatic carbocycles. The number of nitrogens with one attached hydrogen (secondary N) is 1. The number of nitrogen functional groups attached to an aromatic ring is 1. The zero-order valence-corrected chi connectivity index (χ0v) is 13.2. The number of hydrogen-bond donors (Lipinski definition) is 3. The second-order valence-electron chi connectivity index (χ2n) is 4.62. The van der Waals surface area contributed by atoms with Crippen molar-refractivity contribution in [3.05, 3.63) is 24.3 Å². The number of thioether (sulfide) groups is 1. The Kier molecular flexibility index (Phi) is 7.36. The van der Waals surface area contributed by atoms with Crippen LogP contribution in [0.2, 0.25) is 0 Å². The molecule has 7 heteroatoms. The van der Waals surface area contributed by atoms with Crippen LogP contribution in [0.3, 0.4) is 0 Å². The minimum atomic E-state index is -3.23. The Labute approximate surface area is 125 Å². The van der Waals surface area contributed by atoms with Gasteiger partial charge < -0.3 is 10.8 Å². The Morgan fingerprint density at radius 1 is 1.35 bits per heavy atom. The highest BCUT2D eigenvalue weighted by molar-refractivity contribution is 8.00. The molecule has 1 aromatic carbocycles. The van der Waals surface area contributed by atoms with E-state index in [0.717, 1.165) is 4.90 Å². The molecule has 0 heterocycles. The lowest BCUT2D eigenvalue weighted by Crippen LogP contribution is -2.28. The highest BCUT2D eigenvalue weighted by Crippen LogP contribution is 2.19. The van der Waals surface area contributed by atoms with Crippen molar-refractivity contribution in [3.63, 3.8) is 0 Å². The van der Waals surface area contributed by atoms with E-state index >= 15 is 0 Å². The maximum absolute atomic E-state index is 11.7. The first-order chi connectivity index (χ1) is 9.39. The van der Waals surface area contributed by atoms with Gasteiger partial charge in [-0.15, -0.1) is 11.8 Å². The van der Waals surface area contributed by atoms with E-state index in [1.165, 1.54) is 11.8 Å². The van der Waals surface area contributed by atoms with Gasteiger partial charge in [-0.25, -0.2) is 13.1 Å². The van der Waals surface area contributed by atoms with Crippen LogP contribution in [-0.4, -0.2) is 37.7 Å². The van der Waals surface area contributed by atoms with Crippen LogP contribution >= 0.6 is 11.8 Å². The smallest absolute Gasteiger partial charge is 0.212 e. The highest BCUT2D eigenvalue weighted by atomic mass is 32.2. The van der Waals surface area contributed by atoms with Crippen LogP contribution in [0, 0.1) is 0 Å². The largest absolute Gasteiger partial charge is 0.399 e. The molecule has 0 spiro atoms. The van der Waals surface area contributed by atoms with Crippen LogP contribution < -0.4 is 10.5 Å². The summed E-state index contributed by atoms with van der Waals surface area (Å²) in [6.45, 7) is 2.07. The number of aliphatic hydroxyl groups is 1. The number of rotatable bonds is 9. The van der Waals surface area contributed by atoms with E-state index in [-0.39, 0.29) is 11.9 Å². The topological polar surface area (TPSA) is 92.4 Å². The maximum atomic E-state index is 11.7. The van der Waals surface area contributed by atoms with Crippen molar-refractivity contribution >= 4 is 27.5 Å². The summed E-state index contributed by atoms with van der Waals surface area (Å²) in [7, 11) is -3.23. The molecule has 0 aliphatic rings. The second kappa shape index (κ2) is 8.51. The molecule has 114 valence electrons. The molecular formula is C13H22N2O3S2. The first kappa shape index (κ1) is 17.3. The van der Waals surface area contributed by atoms with Gasteiger partial charge in [0.1, 0.15) is 0 Å². The van der Waals surface area contributed by atoms with Gasteiger partial charge >= 0.3 is 0 Å². The summed E-state index contributed by atoms with van der Waals surface area (Å²) in [6, 6.07) is 7.35. The zero-order chi connectivity index (χ0) is 15.0. The first-order valence-electron chi connectivity index (χ1n) is 6.53. The van der Waals surface area contributed by atoms with Gasteiger partial charge in [0.05, 0.1) is 11.9 Å². The Balaban J connectivity index is 2.24.